The van der Waals surface area contributed by atoms with E-state index in [0.717, 1.165) is 13.2 Å². The van der Waals surface area contributed by atoms with E-state index in [9.17, 15) is 0 Å². The molecule has 0 N–H and O–H groups in total. The Kier molecular flexibility index (Phi) is 6.16. The summed E-state index contributed by atoms with van der Waals surface area (Å²) in [5, 5.41) is 0. The number of hydrogen-bond donors (Lipinski definition) is 0. The smallest absolute Gasteiger partial charge is 0.109 e. The van der Waals surface area contributed by atoms with Crippen molar-refractivity contribution in [3.63, 3.8) is 0 Å². The van der Waals surface area contributed by atoms with Crippen molar-refractivity contribution in [2.75, 3.05) is 26.7 Å². The van der Waals surface area contributed by atoms with Gasteiger partial charge in [0.25, 0.3) is 0 Å². The summed E-state index contributed by atoms with van der Waals surface area (Å²) in [7, 11) is 2.22. The molecule has 0 aliphatic carbocycles. The lowest BCUT2D eigenvalue weighted by Gasteiger charge is -2.32. The standard InChI is InChI=1S/C24H33NO/c1-17-9-6-10-18(2)22(17)24(23-19(3)11-7-12-20(23)4)26-16-21-13-8-14-25(5)15-21/h6-7,9-12,21,24H,8,13-16H2,1-5H3. The molecule has 2 nitrogen and oxygen atoms in total. The van der Waals surface area contributed by atoms with Crippen LogP contribution >= 0.6 is 0 Å². The average molecular weight is 352 g/mol. The van der Waals surface area contributed by atoms with E-state index in [-0.39, 0.29) is 6.10 Å². The highest BCUT2D eigenvalue weighted by molar-refractivity contribution is 5.46. The maximum atomic E-state index is 6.70. The minimum Gasteiger partial charge on any atom is -0.368 e. The molecular formula is C24H33NO. The molecule has 3 rings (SSSR count). The monoisotopic (exact) mass is 351 g/mol. The summed E-state index contributed by atoms with van der Waals surface area (Å²) >= 11 is 0. The second-order valence-electron chi connectivity index (χ2n) is 8.09. The predicted molar refractivity (Wildman–Crippen MR) is 110 cm³/mol. The highest BCUT2D eigenvalue weighted by Crippen LogP contribution is 2.35. The Morgan fingerprint density at radius 2 is 1.42 bits per heavy atom. The fourth-order valence-electron chi connectivity index (χ4n) is 4.43. The molecule has 0 aromatic heterocycles. The number of piperidine rings is 1. The minimum absolute atomic E-state index is 0.0182. The van der Waals surface area contributed by atoms with E-state index in [4.69, 9.17) is 4.74 Å². The average Bonchev–Trinajstić information content (AvgIpc) is 2.58. The first-order valence-electron chi connectivity index (χ1n) is 9.89. The zero-order chi connectivity index (χ0) is 18.7. The van der Waals surface area contributed by atoms with E-state index in [1.54, 1.807) is 0 Å². The number of likely N-dealkylation sites (tertiary alicyclic amines) is 1. The second kappa shape index (κ2) is 8.37. The lowest BCUT2D eigenvalue weighted by Crippen LogP contribution is -2.34. The Morgan fingerprint density at radius 1 is 0.923 bits per heavy atom. The van der Waals surface area contributed by atoms with Crippen LogP contribution in [0.2, 0.25) is 0 Å². The Morgan fingerprint density at radius 3 is 1.88 bits per heavy atom. The molecule has 1 fully saturated rings. The Bertz CT molecular complexity index is 660. The van der Waals surface area contributed by atoms with E-state index in [1.807, 2.05) is 0 Å². The number of rotatable bonds is 5. The summed E-state index contributed by atoms with van der Waals surface area (Å²) in [6.07, 6.45) is 2.57. The molecule has 0 amide bonds. The topological polar surface area (TPSA) is 12.5 Å². The van der Waals surface area contributed by atoms with Crippen molar-refractivity contribution < 1.29 is 4.74 Å². The van der Waals surface area contributed by atoms with Gasteiger partial charge < -0.3 is 9.64 Å². The molecule has 1 aliphatic rings. The van der Waals surface area contributed by atoms with Crippen LogP contribution in [0.25, 0.3) is 0 Å². The molecule has 140 valence electrons. The van der Waals surface area contributed by atoms with Crippen LogP contribution in [0, 0.1) is 33.6 Å². The molecule has 1 atom stereocenters. The van der Waals surface area contributed by atoms with Gasteiger partial charge in [0, 0.05) is 6.54 Å². The zero-order valence-corrected chi connectivity index (χ0v) is 17.0. The van der Waals surface area contributed by atoms with Crippen molar-refractivity contribution in [2.45, 2.75) is 46.6 Å². The lowest BCUT2D eigenvalue weighted by atomic mass is 9.88. The van der Waals surface area contributed by atoms with Gasteiger partial charge in [0.05, 0.1) is 6.61 Å². The third kappa shape index (κ3) is 4.19. The van der Waals surface area contributed by atoms with Gasteiger partial charge in [-0.15, -0.1) is 0 Å². The first-order chi connectivity index (χ1) is 12.5. The summed E-state index contributed by atoms with van der Waals surface area (Å²) in [5.74, 6) is 0.630. The molecule has 1 unspecified atom stereocenters. The van der Waals surface area contributed by atoms with Crippen LogP contribution in [0.1, 0.15) is 52.3 Å². The number of benzene rings is 2. The Labute approximate surface area is 159 Å². The van der Waals surface area contributed by atoms with Crippen molar-refractivity contribution in [3.8, 4) is 0 Å². The summed E-state index contributed by atoms with van der Waals surface area (Å²) in [5.41, 5.74) is 7.96. The molecule has 0 bridgehead atoms. The van der Waals surface area contributed by atoms with Gasteiger partial charge in [0.1, 0.15) is 6.10 Å². The Hall–Kier alpha value is -1.64. The van der Waals surface area contributed by atoms with Crippen molar-refractivity contribution in [3.05, 3.63) is 69.8 Å². The molecule has 2 aromatic carbocycles. The van der Waals surface area contributed by atoms with Crippen LogP contribution in [-0.2, 0) is 4.74 Å². The molecule has 0 spiro atoms. The quantitative estimate of drug-likeness (QED) is 0.718. The van der Waals surface area contributed by atoms with Gasteiger partial charge in [0.2, 0.25) is 0 Å². The highest BCUT2D eigenvalue weighted by atomic mass is 16.5. The number of nitrogens with zero attached hydrogens (tertiary/aromatic N) is 1. The van der Waals surface area contributed by atoms with Crippen molar-refractivity contribution in [1.82, 2.24) is 4.90 Å². The third-order valence-corrected chi connectivity index (χ3v) is 5.83. The molecule has 26 heavy (non-hydrogen) atoms. The lowest BCUT2D eigenvalue weighted by molar-refractivity contribution is 0.0296. The summed E-state index contributed by atoms with van der Waals surface area (Å²) in [6.45, 7) is 12.0. The molecule has 1 saturated heterocycles. The second-order valence-corrected chi connectivity index (χ2v) is 8.09. The van der Waals surface area contributed by atoms with E-state index < -0.39 is 0 Å². The van der Waals surface area contributed by atoms with Crippen molar-refractivity contribution >= 4 is 0 Å². The fraction of sp³-hybridized carbons (Fsp3) is 0.500. The van der Waals surface area contributed by atoms with Crippen LogP contribution in [0.4, 0.5) is 0 Å². The van der Waals surface area contributed by atoms with E-state index in [0.29, 0.717) is 5.92 Å². The number of hydrogen-bond acceptors (Lipinski definition) is 2. The zero-order valence-electron chi connectivity index (χ0n) is 17.0. The molecule has 1 heterocycles. The van der Waals surface area contributed by atoms with Crippen LogP contribution in [0.5, 0.6) is 0 Å². The van der Waals surface area contributed by atoms with Gasteiger partial charge in [-0.1, -0.05) is 36.4 Å². The van der Waals surface area contributed by atoms with Crippen LogP contribution in [-0.4, -0.2) is 31.6 Å². The summed E-state index contributed by atoms with van der Waals surface area (Å²) < 4.78 is 6.70. The maximum absolute atomic E-state index is 6.70. The number of ether oxygens (including phenoxy) is 1. The van der Waals surface area contributed by atoms with Gasteiger partial charge in [0.15, 0.2) is 0 Å². The first-order valence-corrected chi connectivity index (χ1v) is 9.89. The highest BCUT2D eigenvalue weighted by Gasteiger charge is 2.25. The fourth-order valence-corrected chi connectivity index (χ4v) is 4.43. The number of aryl methyl sites for hydroxylation is 4. The minimum atomic E-state index is 0.0182. The first kappa shape index (κ1) is 19.1. The van der Waals surface area contributed by atoms with Gasteiger partial charge >= 0.3 is 0 Å². The van der Waals surface area contributed by atoms with Crippen LogP contribution in [0.15, 0.2) is 36.4 Å². The van der Waals surface area contributed by atoms with Gasteiger partial charge in [-0.25, -0.2) is 0 Å². The largest absolute Gasteiger partial charge is 0.368 e. The molecule has 2 heteroatoms. The Balaban J connectivity index is 1.94. The van der Waals surface area contributed by atoms with Gasteiger partial charge in [-0.2, -0.15) is 0 Å². The molecule has 0 saturated carbocycles. The molecule has 2 aromatic rings. The third-order valence-electron chi connectivity index (χ3n) is 5.83. The molecular weight excluding hydrogens is 318 g/mol. The van der Waals surface area contributed by atoms with Gasteiger partial charge in [-0.3, -0.25) is 0 Å². The SMILES string of the molecule is Cc1cccc(C)c1C(OCC1CCCN(C)C1)c1c(C)cccc1C. The van der Waals surface area contributed by atoms with E-state index in [2.05, 4.69) is 76.0 Å². The van der Waals surface area contributed by atoms with Crippen LogP contribution < -0.4 is 0 Å². The maximum Gasteiger partial charge on any atom is 0.109 e. The van der Waals surface area contributed by atoms with Crippen molar-refractivity contribution in [2.24, 2.45) is 5.92 Å². The summed E-state index contributed by atoms with van der Waals surface area (Å²) in [4.78, 5) is 2.44. The van der Waals surface area contributed by atoms with Gasteiger partial charge in [-0.05, 0) is 93.4 Å². The molecule has 1 aliphatic heterocycles. The van der Waals surface area contributed by atoms with Crippen LogP contribution in [0.3, 0.4) is 0 Å². The predicted octanol–water partition coefficient (Wildman–Crippen LogP) is 5.37. The van der Waals surface area contributed by atoms with E-state index >= 15 is 0 Å². The van der Waals surface area contributed by atoms with Crippen molar-refractivity contribution in [1.29, 1.82) is 0 Å². The van der Waals surface area contributed by atoms with E-state index in [1.165, 1.54) is 52.8 Å². The normalized spacial score (nSPS) is 18.5. The molecule has 0 radical (unpaired) electrons. The summed E-state index contributed by atoms with van der Waals surface area (Å²) in [6, 6.07) is 13.1.